The van der Waals surface area contributed by atoms with E-state index >= 15 is 0 Å². The van der Waals surface area contributed by atoms with Crippen LogP contribution in [0.3, 0.4) is 0 Å². The summed E-state index contributed by atoms with van der Waals surface area (Å²) in [5, 5.41) is 13.6. The number of hydrogen-bond donors (Lipinski definition) is 2. The summed E-state index contributed by atoms with van der Waals surface area (Å²) in [6, 6.07) is 8.32. The van der Waals surface area contributed by atoms with E-state index in [4.69, 9.17) is 4.74 Å². The van der Waals surface area contributed by atoms with Gasteiger partial charge in [-0.3, -0.25) is 0 Å². The van der Waals surface area contributed by atoms with Crippen molar-refractivity contribution >= 4 is 0 Å². The van der Waals surface area contributed by atoms with Crippen LogP contribution in [0.1, 0.15) is 44.2 Å². The zero-order valence-electron chi connectivity index (χ0n) is 11.3. The van der Waals surface area contributed by atoms with Crippen LogP contribution in [-0.2, 0) is 0 Å². The molecule has 1 fully saturated rings. The molecule has 3 nitrogen and oxygen atoms in total. The highest BCUT2D eigenvalue weighted by molar-refractivity contribution is 5.35. The Kier molecular flexibility index (Phi) is 4.25. The van der Waals surface area contributed by atoms with Crippen LogP contribution in [0.2, 0.25) is 0 Å². The first kappa shape index (κ1) is 13.4. The molecule has 3 heteroatoms. The summed E-state index contributed by atoms with van der Waals surface area (Å²) in [6.07, 6.45) is 3.96. The Morgan fingerprint density at radius 1 is 1.39 bits per heavy atom. The quantitative estimate of drug-likeness (QED) is 0.814. The number of para-hydroxylation sites is 1. The summed E-state index contributed by atoms with van der Waals surface area (Å²) in [7, 11) is 1.70. The number of benzene rings is 1. The second-order valence-corrected chi connectivity index (χ2v) is 5.16. The van der Waals surface area contributed by atoms with Crippen LogP contribution in [0.15, 0.2) is 24.3 Å². The second-order valence-electron chi connectivity index (χ2n) is 5.16. The van der Waals surface area contributed by atoms with Gasteiger partial charge in [0, 0.05) is 18.2 Å². The molecule has 0 aliphatic heterocycles. The normalized spacial score (nSPS) is 19.1. The van der Waals surface area contributed by atoms with Gasteiger partial charge >= 0.3 is 0 Å². The average Bonchev–Trinajstić information content (AvgIpc) is 2.38. The van der Waals surface area contributed by atoms with E-state index in [1.807, 2.05) is 18.2 Å². The Balaban J connectivity index is 2.03. The van der Waals surface area contributed by atoms with Crippen molar-refractivity contribution < 1.29 is 9.84 Å². The Hall–Kier alpha value is -1.06. The van der Waals surface area contributed by atoms with Crippen molar-refractivity contribution in [2.75, 3.05) is 13.7 Å². The monoisotopic (exact) mass is 249 g/mol. The molecule has 1 unspecified atom stereocenters. The zero-order valence-corrected chi connectivity index (χ0v) is 11.3. The molecular formula is C15H23NO2. The van der Waals surface area contributed by atoms with Gasteiger partial charge in [-0.05, 0) is 31.7 Å². The van der Waals surface area contributed by atoms with Crippen molar-refractivity contribution in [1.29, 1.82) is 0 Å². The Bertz CT molecular complexity index is 388. The van der Waals surface area contributed by atoms with Gasteiger partial charge in [0.2, 0.25) is 0 Å². The topological polar surface area (TPSA) is 41.5 Å². The second kappa shape index (κ2) is 5.72. The highest BCUT2D eigenvalue weighted by atomic mass is 16.5. The Morgan fingerprint density at radius 2 is 2.11 bits per heavy atom. The molecule has 1 aliphatic rings. The van der Waals surface area contributed by atoms with Gasteiger partial charge in [0.1, 0.15) is 5.75 Å². The highest BCUT2D eigenvalue weighted by Gasteiger charge is 2.34. The standard InChI is InChI=1S/C15H23NO2/c1-3-13(16-11-15(17)9-6-10-15)12-7-4-5-8-14(12)18-2/h4-5,7-8,13,16-17H,3,6,9-11H2,1-2H3. The van der Waals surface area contributed by atoms with Crippen LogP contribution in [0, 0.1) is 0 Å². The van der Waals surface area contributed by atoms with E-state index in [0.29, 0.717) is 6.54 Å². The Morgan fingerprint density at radius 3 is 2.67 bits per heavy atom. The molecule has 0 bridgehead atoms. The highest BCUT2D eigenvalue weighted by Crippen LogP contribution is 2.32. The van der Waals surface area contributed by atoms with E-state index in [-0.39, 0.29) is 6.04 Å². The summed E-state index contributed by atoms with van der Waals surface area (Å²) in [5.74, 6) is 0.914. The zero-order chi connectivity index (χ0) is 13.0. The first-order valence-corrected chi connectivity index (χ1v) is 6.77. The largest absolute Gasteiger partial charge is 0.496 e. The molecule has 100 valence electrons. The predicted molar refractivity (Wildman–Crippen MR) is 72.8 cm³/mol. The lowest BCUT2D eigenvalue weighted by molar-refractivity contribution is -0.0334. The fourth-order valence-corrected chi connectivity index (χ4v) is 2.50. The van der Waals surface area contributed by atoms with Crippen LogP contribution in [-0.4, -0.2) is 24.4 Å². The molecule has 18 heavy (non-hydrogen) atoms. The van der Waals surface area contributed by atoms with E-state index in [0.717, 1.165) is 31.4 Å². The maximum Gasteiger partial charge on any atom is 0.123 e. The summed E-state index contributed by atoms with van der Waals surface area (Å²) in [6.45, 7) is 2.82. The molecule has 0 heterocycles. The molecule has 0 saturated heterocycles. The van der Waals surface area contributed by atoms with Gasteiger partial charge in [-0.25, -0.2) is 0 Å². The number of methoxy groups -OCH3 is 1. The number of nitrogens with one attached hydrogen (secondary N) is 1. The van der Waals surface area contributed by atoms with Crippen LogP contribution < -0.4 is 10.1 Å². The fourth-order valence-electron chi connectivity index (χ4n) is 2.50. The lowest BCUT2D eigenvalue weighted by atomic mass is 9.80. The molecule has 0 radical (unpaired) electrons. The average molecular weight is 249 g/mol. The van der Waals surface area contributed by atoms with E-state index in [1.165, 1.54) is 5.56 Å². The van der Waals surface area contributed by atoms with E-state index in [9.17, 15) is 5.11 Å². The minimum Gasteiger partial charge on any atom is -0.496 e. The molecule has 2 N–H and O–H groups in total. The molecule has 2 rings (SSSR count). The van der Waals surface area contributed by atoms with Gasteiger partial charge in [0.05, 0.1) is 12.7 Å². The van der Waals surface area contributed by atoms with E-state index in [2.05, 4.69) is 18.3 Å². The van der Waals surface area contributed by atoms with Crippen molar-refractivity contribution in [3.05, 3.63) is 29.8 Å². The van der Waals surface area contributed by atoms with Gasteiger partial charge < -0.3 is 15.2 Å². The van der Waals surface area contributed by atoms with Crippen molar-refractivity contribution in [3.63, 3.8) is 0 Å². The van der Waals surface area contributed by atoms with Crippen LogP contribution in [0.4, 0.5) is 0 Å². The molecule has 1 saturated carbocycles. The summed E-state index contributed by atoms with van der Waals surface area (Å²) >= 11 is 0. The third kappa shape index (κ3) is 2.85. The summed E-state index contributed by atoms with van der Waals surface area (Å²) in [5.41, 5.74) is 0.695. The van der Waals surface area contributed by atoms with Crippen molar-refractivity contribution in [3.8, 4) is 5.75 Å². The number of aliphatic hydroxyl groups is 1. The fraction of sp³-hybridized carbons (Fsp3) is 0.600. The predicted octanol–water partition coefficient (Wildman–Crippen LogP) is 2.65. The maximum atomic E-state index is 10.1. The molecule has 1 aromatic carbocycles. The van der Waals surface area contributed by atoms with Crippen molar-refractivity contribution in [2.24, 2.45) is 0 Å². The van der Waals surface area contributed by atoms with Crippen LogP contribution in [0.25, 0.3) is 0 Å². The van der Waals surface area contributed by atoms with Gasteiger partial charge in [0.25, 0.3) is 0 Å². The van der Waals surface area contributed by atoms with Gasteiger partial charge in [0.15, 0.2) is 0 Å². The first-order valence-electron chi connectivity index (χ1n) is 6.77. The van der Waals surface area contributed by atoms with E-state index < -0.39 is 5.60 Å². The van der Waals surface area contributed by atoms with Gasteiger partial charge in [-0.15, -0.1) is 0 Å². The maximum absolute atomic E-state index is 10.1. The van der Waals surface area contributed by atoms with Crippen LogP contribution >= 0.6 is 0 Å². The lowest BCUT2D eigenvalue weighted by Gasteiger charge is -2.38. The molecule has 0 spiro atoms. The number of rotatable bonds is 6. The lowest BCUT2D eigenvalue weighted by Crippen LogP contribution is -2.47. The van der Waals surface area contributed by atoms with Crippen molar-refractivity contribution in [1.82, 2.24) is 5.32 Å². The summed E-state index contributed by atoms with van der Waals surface area (Å²) < 4.78 is 5.40. The first-order chi connectivity index (χ1) is 8.68. The van der Waals surface area contributed by atoms with E-state index in [1.54, 1.807) is 7.11 Å². The van der Waals surface area contributed by atoms with Gasteiger partial charge in [-0.2, -0.15) is 0 Å². The molecule has 1 atom stereocenters. The minimum atomic E-state index is -0.477. The molecule has 0 aromatic heterocycles. The third-order valence-corrected chi connectivity index (χ3v) is 3.88. The molecule has 1 aliphatic carbocycles. The number of hydrogen-bond acceptors (Lipinski definition) is 3. The molecular weight excluding hydrogens is 226 g/mol. The SMILES string of the molecule is CCC(NCC1(O)CCC1)c1ccccc1OC. The van der Waals surface area contributed by atoms with Gasteiger partial charge in [-0.1, -0.05) is 25.1 Å². The molecule has 1 aromatic rings. The third-order valence-electron chi connectivity index (χ3n) is 3.88. The Labute approximate surface area is 109 Å². The molecule has 0 amide bonds. The number of ether oxygens (including phenoxy) is 1. The smallest absolute Gasteiger partial charge is 0.123 e. The minimum absolute atomic E-state index is 0.241. The van der Waals surface area contributed by atoms with Crippen LogP contribution in [0.5, 0.6) is 5.75 Å². The van der Waals surface area contributed by atoms with Crippen molar-refractivity contribution in [2.45, 2.75) is 44.2 Å². The summed E-state index contributed by atoms with van der Waals surface area (Å²) in [4.78, 5) is 0.